The molecule has 1 aromatic rings. The van der Waals surface area contributed by atoms with Gasteiger partial charge in [0.1, 0.15) is 4.90 Å². The van der Waals surface area contributed by atoms with Gasteiger partial charge in [0.2, 0.25) is 10.0 Å². The Balaban J connectivity index is 2.40. The molecule has 0 saturated carbocycles. The Bertz CT molecular complexity index is 626. The van der Waals surface area contributed by atoms with Crippen molar-refractivity contribution in [3.8, 4) is 0 Å². The third-order valence-corrected chi connectivity index (χ3v) is 5.83. The average molecular weight is 344 g/mol. The fraction of sp³-hybridized carbons (Fsp3) is 0.500. The maximum absolute atomic E-state index is 12.7. The van der Waals surface area contributed by atoms with E-state index < -0.39 is 26.7 Å². The standard InChI is InChI=1S/C12H14ClF3N2O2S/c1-17-4-6-18(7-5-17)21(19,20)11-8-9(12(14,15)16)2-3-10(11)13/h2-3,8H,4-7H2,1H3/p+1. The zero-order chi connectivity index (χ0) is 15.8. The van der Waals surface area contributed by atoms with E-state index in [2.05, 4.69) is 0 Å². The Morgan fingerprint density at radius 1 is 1.24 bits per heavy atom. The molecule has 0 bridgehead atoms. The second-order valence-electron chi connectivity index (χ2n) is 5.00. The number of nitrogens with zero attached hydrogens (tertiary/aromatic N) is 1. The molecule has 1 aliphatic rings. The Morgan fingerprint density at radius 2 is 1.81 bits per heavy atom. The van der Waals surface area contributed by atoms with Crippen molar-refractivity contribution in [2.45, 2.75) is 11.1 Å². The van der Waals surface area contributed by atoms with Gasteiger partial charge < -0.3 is 4.90 Å². The summed E-state index contributed by atoms with van der Waals surface area (Å²) < 4.78 is 64.3. The van der Waals surface area contributed by atoms with E-state index in [0.29, 0.717) is 19.2 Å². The molecule has 0 aromatic heterocycles. The highest BCUT2D eigenvalue weighted by Gasteiger charge is 2.35. The summed E-state index contributed by atoms with van der Waals surface area (Å²) in [7, 11) is -2.08. The Morgan fingerprint density at radius 3 is 2.33 bits per heavy atom. The molecule has 0 spiro atoms. The minimum Gasteiger partial charge on any atom is -0.335 e. The maximum Gasteiger partial charge on any atom is 0.416 e. The zero-order valence-corrected chi connectivity index (χ0v) is 12.8. The van der Waals surface area contributed by atoms with Gasteiger partial charge in [-0.05, 0) is 18.2 Å². The van der Waals surface area contributed by atoms with Crippen LogP contribution in [0, 0.1) is 0 Å². The number of rotatable bonds is 2. The van der Waals surface area contributed by atoms with Crippen LogP contribution in [0.5, 0.6) is 0 Å². The number of hydrogen-bond acceptors (Lipinski definition) is 2. The first-order chi connectivity index (χ1) is 9.62. The number of likely N-dealkylation sites (N-methyl/N-ethyl adjacent to an activating group) is 1. The molecule has 1 aliphatic heterocycles. The van der Waals surface area contributed by atoms with E-state index in [1.807, 2.05) is 7.05 Å². The molecule has 118 valence electrons. The number of nitrogens with one attached hydrogen (secondary N) is 1. The summed E-state index contributed by atoms with van der Waals surface area (Å²) in [6.07, 6.45) is -4.61. The molecule has 4 nitrogen and oxygen atoms in total. The van der Waals surface area contributed by atoms with Crippen LogP contribution in [0.4, 0.5) is 13.2 Å². The van der Waals surface area contributed by atoms with E-state index >= 15 is 0 Å². The summed E-state index contributed by atoms with van der Waals surface area (Å²) in [4.78, 5) is 0.690. The second kappa shape index (κ2) is 5.75. The highest BCUT2D eigenvalue weighted by Crippen LogP contribution is 2.34. The van der Waals surface area contributed by atoms with Crippen LogP contribution in [0.1, 0.15) is 5.56 Å². The van der Waals surface area contributed by atoms with Gasteiger partial charge in [-0.2, -0.15) is 17.5 Å². The van der Waals surface area contributed by atoms with Gasteiger partial charge in [-0.3, -0.25) is 0 Å². The molecule has 9 heteroatoms. The molecule has 0 amide bonds. The molecule has 0 radical (unpaired) electrons. The van der Waals surface area contributed by atoms with Crippen molar-refractivity contribution in [1.29, 1.82) is 0 Å². The summed E-state index contributed by atoms with van der Waals surface area (Å²) >= 11 is 5.80. The predicted octanol–water partition coefficient (Wildman–Crippen LogP) is 0.878. The van der Waals surface area contributed by atoms with E-state index in [9.17, 15) is 21.6 Å². The number of halogens is 4. The minimum absolute atomic E-state index is 0.200. The SMILES string of the molecule is C[NH+]1CCN(S(=O)(=O)c2cc(C(F)(F)F)ccc2Cl)CC1. The van der Waals surface area contributed by atoms with E-state index in [0.717, 1.165) is 12.1 Å². The Kier molecular flexibility index (Phi) is 4.53. The fourth-order valence-electron chi connectivity index (χ4n) is 2.12. The monoisotopic (exact) mass is 343 g/mol. The average Bonchev–Trinajstić information content (AvgIpc) is 2.38. The molecule has 1 fully saturated rings. The summed E-state index contributed by atoms with van der Waals surface area (Å²) in [5.41, 5.74) is -1.02. The number of benzene rings is 1. The predicted molar refractivity (Wildman–Crippen MR) is 71.8 cm³/mol. The lowest BCUT2D eigenvalue weighted by molar-refractivity contribution is -0.883. The number of alkyl halides is 3. The van der Waals surface area contributed by atoms with Crippen LogP contribution >= 0.6 is 11.6 Å². The lowest BCUT2D eigenvalue weighted by atomic mass is 10.2. The van der Waals surface area contributed by atoms with Gasteiger partial charge in [0.25, 0.3) is 0 Å². The number of sulfonamides is 1. The molecule has 0 aliphatic carbocycles. The van der Waals surface area contributed by atoms with Gasteiger partial charge >= 0.3 is 6.18 Å². The van der Waals surface area contributed by atoms with Crippen molar-refractivity contribution >= 4 is 21.6 Å². The normalized spacial score (nSPS) is 18.9. The van der Waals surface area contributed by atoms with E-state index in [1.165, 1.54) is 9.21 Å². The summed E-state index contributed by atoms with van der Waals surface area (Å²) in [6.45, 7) is 1.74. The number of hydrogen-bond donors (Lipinski definition) is 1. The quantitative estimate of drug-likeness (QED) is 0.866. The third-order valence-electron chi connectivity index (χ3n) is 3.45. The smallest absolute Gasteiger partial charge is 0.335 e. The minimum atomic E-state index is -4.61. The molecule has 2 rings (SSSR count). The van der Waals surface area contributed by atoms with Crippen molar-refractivity contribution < 1.29 is 26.5 Å². The van der Waals surface area contributed by atoms with Crippen LogP contribution in [-0.4, -0.2) is 45.9 Å². The van der Waals surface area contributed by atoms with E-state index in [-0.39, 0.29) is 18.1 Å². The maximum atomic E-state index is 12.7. The summed E-state index contributed by atoms with van der Waals surface area (Å²) in [5.74, 6) is 0. The molecule has 1 heterocycles. The van der Waals surface area contributed by atoms with Crippen molar-refractivity contribution in [3.05, 3.63) is 28.8 Å². The van der Waals surface area contributed by atoms with E-state index in [4.69, 9.17) is 11.6 Å². The van der Waals surface area contributed by atoms with Gasteiger partial charge in [0.15, 0.2) is 0 Å². The van der Waals surface area contributed by atoms with Crippen LogP contribution in [0.3, 0.4) is 0 Å². The second-order valence-corrected chi connectivity index (χ2v) is 7.32. The van der Waals surface area contributed by atoms with Crippen LogP contribution < -0.4 is 4.90 Å². The van der Waals surface area contributed by atoms with Gasteiger partial charge in [0, 0.05) is 0 Å². The molecular formula is C12H15ClF3N2O2S+. The zero-order valence-electron chi connectivity index (χ0n) is 11.2. The first kappa shape index (κ1) is 16.5. The fourth-order valence-corrected chi connectivity index (χ4v) is 4.07. The van der Waals surface area contributed by atoms with Crippen molar-refractivity contribution in [3.63, 3.8) is 0 Å². The first-order valence-electron chi connectivity index (χ1n) is 6.30. The topological polar surface area (TPSA) is 41.8 Å². The van der Waals surface area contributed by atoms with Crippen molar-refractivity contribution in [2.24, 2.45) is 0 Å². The third kappa shape index (κ3) is 3.50. The van der Waals surface area contributed by atoms with Crippen LogP contribution in [0.15, 0.2) is 23.1 Å². The lowest BCUT2D eigenvalue weighted by Crippen LogP contribution is -3.12. The Labute approximate surface area is 126 Å². The van der Waals surface area contributed by atoms with Crippen LogP contribution in [-0.2, 0) is 16.2 Å². The molecule has 1 saturated heterocycles. The van der Waals surface area contributed by atoms with E-state index in [1.54, 1.807) is 0 Å². The number of quaternary nitrogens is 1. The lowest BCUT2D eigenvalue weighted by Gasteiger charge is -2.29. The van der Waals surface area contributed by atoms with Crippen LogP contribution in [0.25, 0.3) is 0 Å². The highest BCUT2D eigenvalue weighted by atomic mass is 35.5. The summed E-state index contributed by atoms with van der Waals surface area (Å²) in [5, 5.41) is -0.200. The molecule has 1 aromatic carbocycles. The van der Waals surface area contributed by atoms with Crippen LogP contribution in [0.2, 0.25) is 5.02 Å². The van der Waals surface area contributed by atoms with Crippen molar-refractivity contribution in [1.82, 2.24) is 4.31 Å². The van der Waals surface area contributed by atoms with Gasteiger partial charge in [-0.15, -0.1) is 0 Å². The largest absolute Gasteiger partial charge is 0.416 e. The number of piperazine rings is 1. The van der Waals surface area contributed by atoms with Gasteiger partial charge in [0.05, 0.1) is 43.8 Å². The van der Waals surface area contributed by atoms with Gasteiger partial charge in [-0.25, -0.2) is 8.42 Å². The highest BCUT2D eigenvalue weighted by molar-refractivity contribution is 7.89. The summed E-state index contributed by atoms with van der Waals surface area (Å²) in [6, 6.07) is 2.34. The molecular weight excluding hydrogens is 329 g/mol. The molecule has 0 unspecified atom stereocenters. The molecule has 1 N–H and O–H groups in total. The molecule has 21 heavy (non-hydrogen) atoms. The van der Waals surface area contributed by atoms with Crippen molar-refractivity contribution in [2.75, 3.05) is 33.2 Å². The van der Waals surface area contributed by atoms with Gasteiger partial charge in [-0.1, -0.05) is 11.6 Å². The molecule has 0 atom stereocenters. The Hall–Kier alpha value is -0.830. The first-order valence-corrected chi connectivity index (χ1v) is 8.12.